The largest absolute Gasteiger partial charge is 0.343 e. The SMILES string of the molecule is Clc1ccc2scc(Cn3cc(Cc4ccn[nH]4)c4ccccc43)c2c1. The maximum atomic E-state index is 6.22. The molecule has 0 unspecified atom stereocenters. The molecule has 0 atom stereocenters. The number of para-hydroxylation sites is 1. The number of aromatic amines is 1. The second-order valence-corrected chi connectivity index (χ2v) is 7.81. The molecule has 0 aliphatic carbocycles. The third-order valence-corrected chi connectivity index (χ3v) is 6.01. The molecule has 0 amide bonds. The lowest BCUT2D eigenvalue weighted by atomic mass is 10.1. The van der Waals surface area contributed by atoms with Crippen LogP contribution in [0.5, 0.6) is 0 Å². The van der Waals surface area contributed by atoms with Crippen LogP contribution in [0.25, 0.3) is 21.0 Å². The van der Waals surface area contributed by atoms with Gasteiger partial charge in [-0.2, -0.15) is 5.10 Å². The van der Waals surface area contributed by atoms with E-state index in [2.05, 4.69) is 62.7 Å². The van der Waals surface area contributed by atoms with Gasteiger partial charge in [-0.1, -0.05) is 29.8 Å². The van der Waals surface area contributed by atoms with E-state index < -0.39 is 0 Å². The van der Waals surface area contributed by atoms with Crippen molar-refractivity contribution in [2.45, 2.75) is 13.0 Å². The third-order valence-electron chi connectivity index (χ3n) is 4.77. The van der Waals surface area contributed by atoms with Gasteiger partial charge in [0.15, 0.2) is 0 Å². The minimum absolute atomic E-state index is 0.787. The first kappa shape index (κ1) is 15.7. The number of benzene rings is 2. The van der Waals surface area contributed by atoms with E-state index in [0.29, 0.717) is 0 Å². The summed E-state index contributed by atoms with van der Waals surface area (Å²) in [6.07, 6.45) is 4.92. The van der Waals surface area contributed by atoms with Gasteiger partial charge >= 0.3 is 0 Å². The number of H-pyrrole nitrogens is 1. The monoisotopic (exact) mass is 377 g/mol. The molecule has 3 heterocycles. The van der Waals surface area contributed by atoms with E-state index in [1.165, 1.54) is 32.1 Å². The number of aromatic nitrogens is 3. The van der Waals surface area contributed by atoms with Crippen LogP contribution in [0.15, 0.2) is 66.3 Å². The van der Waals surface area contributed by atoms with E-state index in [0.717, 1.165) is 23.7 Å². The van der Waals surface area contributed by atoms with Crippen molar-refractivity contribution >= 4 is 43.9 Å². The summed E-state index contributed by atoms with van der Waals surface area (Å²) >= 11 is 7.99. The van der Waals surface area contributed by atoms with Gasteiger partial charge in [0.1, 0.15) is 0 Å². The molecule has 5 rings (SSSR count). The number of hydrogen-bond donors (Lipinski definition) is 1. The molecule has 0 spiro atoms. The Morgan fingerprint density at radius 3 is 2.85 bits per heavy atom. The van der Waals surface area contributed by atoms with E-state index in [4.69, 9.17) is 11.6 Å². The molecule has 2 aromatic carbocycles. The highest BCUT2D eigenvalue weighted by molar-refractivity contribution is 7.17. The van der Waals surface area contributed by atoms with Crippen LogP contribution < -0.4 is 0 Å². The highest BCUT2D eigenvalue weighted by Crippen LogP contribution is 2.31. The standard InChI is InChI=1S/C21H16ClN3S/c22-16-5-6-21-19(10-16)15(13-26-21)12-25-11-14(9-17-7-8-23-24-17)18-3-1-2-4-20(18)25/h1-8,10-11,13H,9,12H2,(H,23,24). The lowest BCUT2D eigenvalue weighted by molar-refractivity contribution is 0.839. The second kappa shape index (κ2) is 6.31. The molecule has 0 fully saturated rings. The third kappa shape index (κ3) is 2.71. The van der Waals surface area contributed by atoms with Crippen molar-refractivity contribution in [3.8, 4) is 0 Å². The molecule has 0 aliphatic rings. The zero-order valence-corrected chi connectivity index (χ0v) is 15.5. The first-order valence-corrected chi connectivity index (χ1v) is 9.74. The summed E-state index contributed by atoms with van der Waals surface area (Å²) in [7, 11) is 0. The van der Waals surface area contributed by atoms with Gasteiger partial charge in [0.05, 0.1) is 0 Å². The lowest BCUT2D eigenvalue weighted by Gasteiger charge is -2.05. The number of halogens is 1. The Hall–Kier alpha value is -2.56. The van der Waals surface area contributed by atoms with E-state index >= 15 is 0 Å². The van der Waals surface area contributed by atoms with Crippen molar-refractivity contribution in [2.24, 2.45) is 0 Å². The predicted octanol–water partition coefficient (Wildman–Crippen LogP) is 5.87. The van der Waals surface area contributed by atoms with Gasteiger partial charge in [-0.15, -0.1) is 11.3 Å². The molecule has 0 radical (unpaired) electrons. The molecule has 1 N–H and O–H groups in total. The summed E-state index contributed by atoms with van der Waals surface area (Å²) in [4.78, 5) is 0. The van der Waals surface area contributed by atoms with Gasteiger partial charge in [0, 0.05) is 51.7 Å². The lowest BCUT2D eigenvalue weighted by Crippen LogP contribution is -1.97. The maximum Gasteiger partial charge on any atom is 0.0490 e. The molecule has 26 heavy (non-hydrogen) atoms. The molecular formula is C21H16ClN3S. The van der Waals surface area contributed by atoms with Gasteiger partial charge in [0.2, 0.25) is 0 Å². The highest BCUT2D eigenvalue weighted by Gasteiger charge is 2.12. The smallest absolute Gasteiger partial charge is 0.0490 e. The molecular weight excluding hydrogens is 362 g/mol. The van der Waals surface area contributed by atoms with Crippen LogP contribution in [0.3, 0.4) is 0 Å². The molecule has 5 heteroatoms. The van der Waals surface area contributed by atoms with Gasteiger partial charge in [-0.05, 0) is 52.2 Å². The number of hydrogen-bond acceptors (Lipinski definition) is 2. The van der Waals surface area contributed by atoms with Crippen LogP contribution in [0, 0.1) is 0 Å². The van der Waals surface area contributed by atoms with Crippen molar-refractivity contribution in [3.63, 3.8) is 0 Å². The first-order chi connectivity index (χ1) is 12.8. The normalized spacial score (nSPS) is 11.6. The predicted molar refractivity (Wildman–Crippen MR) is 109 cm³/mol. The fraction of sp³-hybridized carbons (Fsp3) is 0.0952. The van der Waals surface area contributed by atoms with Gasteiger partial charge in [-0.25, -0.2) is 0 Å². The summed E-state index contributed by atoms with van der Waals surface area (Å²) in [5.74, 6) is 0. The van der Waals surface area contributed by atoms with Crippen molar-refractivity contribution in [1.29, 1.82) is 0 Å². The van der Waals surface area contributed by atoms with Gasteiger partial charge < -0.3 is 4.57 Å². The molecule has 0 bridgehead atoms. The number of nitrogens with zero attached hydrogens (tertiary/aromatic N) is 2. The Morgan fingerprint density at radius 2 is 1.96 bits per heavy atom. The fourth-order valence-corrected chi connectivity index (χ4v) is 4.65. The molecule has 128 valence electrons. The van der Waals surface area contributed by atoms with E-state index in [-0.39, 0.29) is 0 Å². The van der Waals surface area contributed by atoms with E-state index in [9.17, 15) is 0 Å². The topological polar surface area (TPSA) is 33.6 Å². The van der Waals surface area contributed by atoms with E-state index in [1.54, 1.807) is 17.5 Å². The van der Waals surface area contributed by atoms with Crippen LogP contribution in [0.1, 0.15) is 16.8 Å². The molecule has 0 saturated carbocycles. The zero-order chi connectivity index (χ0) is 17.5. The number of nitrogens with one attached hydrogen (secondary N) is 1. The number of thiophene rings is 1. The first-order valence-electron chi connectivity index (χ1n) is 8.48. The van der Waals surface area contributed by atoms with Crippen LogP contribution in [-0.4, -0.2) is 14.8 Å². The van der Waals surface area contributed by atoms with Crippen molar-refractivity contribution in [1.82, 2.24) is 14.8 Å². The Balaban J connectivity index is 1.59. The molecule has 0 saturated heterocycles. The van der Waals surface area contributed by atoms with Crippen LogP contribution in [0.2, 0.25) is 5.02 Å². The molecule has 5 aromatic rings. The summed E-state index contributed by atoms with van der Waals surface area (Å²) in [6, 6.07) is 16.7. The Bertz CT molecular complexity index is 1200. The molecule has 0 aliphatic heterocycles. The molecule has 3 nitrogen and oxygen atoms in total. The quantitative estimate of drug-likeness (QED) is 0.417. The second-order valence-electron chi connectivity index (χ2n) is 6.46. The Morgan fingerprint density at radius 1 is 1.04 bits per heavy atom. The summed E-state index contributed by atoms with van der Waals surface area (Å²) in [6.45, 7) is 0.837. The van der Waals surface area contributed by atoms with Crippen molar-refractivity contribution in [3.05, 3.63) is 88.1 Å². The van der Waals surface area contributed by atoms with Crippen LogP contribution >= 0.6 is 22.9 Å². The van der Waals surface area contributed by atoms with Crippen LogP contribution in [0.4, 0.5) is 0 Å². The maximum absolute atomic E-state index is 6.22. The summed E-state index contributed by atoms with van der Waals surface area (Å²) in [5, 5.41) is 12.7. The fourth-order valence-electron chi connectivity index (χ4n) is 3.54. The molecule has 3 aromatic heterocycles. The van der Waals surface area contributed by atoms with Crippen molar-refractivity contribution < 1.29 is 0 Å². The van der Waals surface area contributed by atoms with E-state index in [1.807, 2.05) is 12.1 Å². The average molecular weight is 378 g/mol. The number of rotatable bonds is 4. The van der Waals surface area contributed by atoms with Gasteiger partial charge in [-0.3, -0.25) is 5.10 Å². The number of fused-ring (bicyclic) bond motifs is 2. The summed E-state index contributed by atoms with van der Waals surface area (Å²) in [5.41, 5.74) is 4.99. The Kier molecular flexibility index (Phi) is 3.80. The Labute approximate surface area is 159 Å². The van der Waals surface area contributed by atoms with Crippen molar-refractivity contribution in [2.75, 3.05) is 0 Å². The van der Waals surface area contributed by atoms with Crippen LogP contribution in [-0.2, 0) is 13.0 Å². The minimum Gasteiger partial charge on any atom is -0.343 e. The zero-order valence-electron chi connectivity index (χ0n) is 13.9. The summed E-state index contributed by atoms with van der Waals surface area (Å²) < 4.78 is 3.61. The average Bonchev–Trinajstić information content (AvgIpc) is 3.37. The minimum atomic E-state index is 0.787. The highest BCUT2D eigenvalue weighted by atomic mass is 35.5. The van der Waals surface area contributed by atoms with Gasteiger partial charge in [0.25, 0.3) is 0 Å².